The summed E-state index contributed by atoms with van der Waals surface area (Å²) in [6, 6.07) is 4.17. The van der Waals surface area contributed by atoms with Gasteiger partial charge in [0, 0.05) is 33.1 Å². The first-order chi connectivity index (χ1) is 11.4. The standard InChI is InChI=1S/C15H19FN4O3S/c1-11-3-4-14(13(16)9-11)24(21,22)20-7-5-19(6-8-20)10-15-17-12(2)23-18-15/h3-4,9H,5-8,10H2,1-2H3. The van der Waals surface area contributed by atoms with E-state index in [9.17, 15) is 12.8 Å². The molecule has 7 nitrogen and oxygen atoms in total. The number of aryl methyl sites for hydroxylation is 2. The first-order valence-electron chi connectivity index (χ1n) is 7.64. The average molecular weight is 354 g/mol. The van der Waals surface area contributed by atoms with E-state index in [0.717, 1.165) is 0 Å². The number of benzene rings is 1. The number of hydrogen-bond acceptors (Lipinski definition) is 6. The molecule has 0 amide bonds. The second-order valence-electron chi connectivity index (χ2n) is 5.84. The summed E-state index contributed by atoms with van der Waals surface area (Å²) < 4.78 is 45.5. The zero-order chi connectivity index (χ0) is 17.3. The molecule has 0 N–H and O–H groups in total. The minimum atomic E-state index is -3.82. The first-order valence-corrected chi connectivity index (χ1v) is 9.08. The smallest absolute Gasteiger partial charge is 0.246 e. The maximum atomic E-state index is 14.0. The number of rotatable bonds is 4. The number of piperazine rings is 1. The first kappa shape index (κ1) is 17.0. The van der Waals surface area contributed by atoms with Crippen molar-refractivity contribution in [2.24, 2.45) is 0 Å². The molecule has 3 rings (SSSR count). The van der Waals surface area contributed by atoms with Crippen LogP contribution in [0.5, 0.6) is 0 Å². The highest BCUT2D eigenvalue weighted by molar-refractivity contribution is 7.89. The second-order valence-corrected chi connectivity index (χ2v) is 7.75. The molecular formula is C15H19FN4O3S. The highest BCUT2D eigenvalue weighted by atomic mass is 32.2. The monoisotopic (exact) mass is 354 g/mol. The van der Waals surface area contributed by atoms with E-state index < -0.39 is 15.8 Å². The molecule has 0 atom stereocenters. The third-order valence-electron chi connectivity index (χ3n) is 3.97. The summed E-state index contributed by atoms with van der Waals surface area (Å²) in [4.78, 5) is 5.91. The van der Waals surface area contributed by atoms with Crippen LogP contribution in [0.15, 0.2) is 27.6 Å². The van der Waals surface area contributed by atoms with E-state index in [1.54, 1.807) is 19.9 Å². The fraction of sp³-hybridized carbons (Fsp3) is 0.467. The summed E-state index contributed by atoms with van der Waals surface area (Å²) in [7, 11) is -3.82. The van der Waals surface area contributed by atoms with Gasteiger partial charge in [-0.1, -0.05) is 11.2 Å². The van der Waals surface area contributed by atoms with Gasteiger partial charge in [0.15, 0.2) is 5.82 Å². The van der Waals surface area contributed by atoms with Crippen molar-refractivity contribution in [3.8, 4) is 0 Å². The minimum absolute atomic E-state index is 0.268. The SMILES string of the molecule is Cc1ccc(S(=O)(=O)N2CCN(Cc3noc(C)n3)CC2)c(F)c1. The zero-order valence-corrected chi connectivity index (χ0v) is 14.4. The number of halogens is 1. The van der Waals surface area contributed by atoms with Gasteiger partial charge in [-0.05, 0) is 24.6 Å². The highest BCUT2D eigenvalue weighted by Gasteiger charge is 2.30. The van der Waals surface area contributed by atoms with Crippen molar-refractivity contribution in [2.45, 2.75) is 25.3 Å². The van der Waals surface area contributed by atoms with Gasteiger partial charge in [0.2, 0.25) is 15.9 Å². The summed E-state index contributed by atoms with van der Waals surface area (Å²) in [5, 5.41) is 3.84. The molecule has 1 aromatic carbocycles. The normalized spacial score (nSPS) is 17.3. The zero-order valence-electron chi connectivity index (χ0n) is 13.6. The summed E-state index contributed by atoms with van der Waals surface area (Å²) in [6.07, 6.45) is 0. The molecule has 0 unspecified atom stereocenters. The van der Waals surface area contributed by atoms with E-state index in [2.05, 4.69) is 10.1 Å². The quantitative estimate of drug-likeness (QED) is 0.824. The van der Waals surface area contributed by atoms with Crippen LogP contribution in [0.3, 0.4) is 0 Å². The Morgan fingerprint density at radius 1 is 1.21 bits per heavy atom. The predicted octanol–water partition coefficient (Wildman–Crippen LogP) is 1.33. The van der Waals surface area contributed by atoms with Gasteiger partial charge < -0.3 is 4.52 Å². The highest BCUT2D eigenvalue weighted by Crippen LogP contribution is 2.21. The fourth-order valence-electron chi connectivity index (χ4n) is 2.69. The third kappa shape index (κ3) is 3.47. The Kier molecular flexibility index (Phi) is 4.66. The molecule has 24 heavy (non-hydrogen) atoms. The van der Waals surface area contributed by atoms with Crippen LogP contribution in [0, 0.1) is 19.7 Å². The van der Waals surface area contributed by atoms with Gasteiger partial charge in [-0.25, -0.2) is 12.8 Å². The van der Waals surface area contributed by atoms with E-state index in [1.807, 2.05) is 4.90 Å². The predicted molar refractivity (Wildman–Crippen MR) is 84.2 cm³/mol. The van der Waals surface area contributed by atoms with Gasteiger partial charge >= 0.3 is 0 Å². The largest absolute Gasteiger partial charge is 0.340 e. The Bertz CT molecular complexity index is 829. The van der Waals surface area contributed by atoms with Crippen LogP contribution in [-0.4, -0.2) is 53.9 Å². The molecule has 9 heteroatoms. The van der Waals surface area contributed by atoms with Crippen LogP contribution in [0.2, 0.25) is 0 Å². The third-order valence-corrected chi connectivity index (χ3v) is 5.90. The van der Waals surface area contributed by atoms with Gasteiger partial charge in [-0.2, -0.15) is 9.29 Å². The Morgan fingerprint density at radius 3 is 2.50 bits per heavy atom. The maximum Gasteiger partial charge on any atom is 0.246 e. The molecule has 1 aliphatic rings. The lowest BCUT2D eigenvalue weighted by Gasteiger charge is -2.33. The van der Waals surface area contributed by atoms with Crippen molar-refractivity contribution in [1.29, 1.82) is 0 Å². The molecule has 0 aliphatic carbocycles. The van der Waals surface area contributed by atoms with Crippen molar-refractivity contribution >= 4 is 10.0 Å². The minimum Gasteiger partial charge on any atom is -0.340 e. The summed E-state index contributed by atoms with van der Waals surface area (Å²) >= 11 is 0. The van der Waals surface area contributed by atoms with E-state index in [-0.39, 0.29) is 4.90 Å². The lowest BCUT2D eigenvalue weighted by Crippen LogP contribution is -2.48. The van der Waals surface area contributed by atoms with E-state index in [4.69, 9.17) is 4.52 Å². The molecule has 0 radical (unpaired) electrons. The van der Waals surface area contributed by atoms with Gasteiger partial charge in [-0.15, -0.1) is 0 Å². The number of nitrogens with zero attached hydrogens (tertiary/aromatic N) is 4. The van der Waals surface area contributed by atoms with E-state index >= 15 is 0 Å². The van der Waals surface area contributed by atoms with Crippen molar-refractivity contribution < 1.29 is 17.3 Å². The molecule has 1 aromatic heterocycles. The lowest BCUT2D eigenvalue weighted by atomic mass is 10.2. The van der Waals surface area contributed by atoms with E-state index in [1.165, 1.54) is 16.4 Å². The molecule has 1 saturated heterocycles. The molecule has 0 spiro atoms. The van der Waals surface area contributed by atoms with Gasteiger partial charge in [-0.3, -0.25) is 4.90 Å². The lowest BCUT2D eigenvalue weighted by molar-refractivity contribution is 0.176. The summed E-state index contributed by atoms with van der Waals surface area (Å²) in [5.41, 5.74) is 0.687. The molecule has 1 fully saturated rings. The Hall–Kier alpha value is -1.84. The summed E-state index contributed by atoms with van der Waals surface area (Å²) in [6.45, 7) is 5.60. The molecule has 2 heterocycles. The Labute approximate surface area is 140 Å². The molecule has 1 aliphatic heterocycles. The van der Waals surface area contributed by atoms with Gasteiger partial charge in [0.05, 0.1) is 6.54 Å². The Morgan fingerprint density at radius 2 is 1.92 bits per heavy atom. The number of sulfonamides is 1. The van der Waals surface area contributed by atoms with Crippen molar-refractivity contribution in [1.82, 2.24) is 19.3 Å². The fourth-order valence-corrected chi connectivity index (χ4v) is 4.16. The van der Waals surface area contributed by atoms with Crippen LogP contribution in [0.1, 0.15) is 17.3 Å². The van der Waals surface area contributed by atoms with Crippen LogP contribution < -0.4 is 0 Å². The summed E-state index contributed by atoms with van der Waals surface area (Å²) in [5.74, 6) is 0.370. The van der Waals surface area contributed by atoms with Gasteiger partial charge in [0.25, 0.3) is 0 Å². The van der Waals surface area contributed by atoms with E-state index in [0.29, 0.717) is 50.0 Å². The van der Waals surface area contributed by atoms with Crippen molar-refractivity contribution in [3.63, 3.8) is 0 Å². The molecule has 2 aromatic rings. The van der Waals surface area contributed by atoms with Crippen LogP contribution in [0.25, 0.3) is 0 Å². The van der Waals surface area contributed by atoms with Crippen LogP contribution >= 0.6 is 0 Å². The number of aromatic nitrogens is 2. The van der Waals surface area contributed by atoms with Crippen LogP contribution in [0.4, 0.5) is 4.39 Å². The topological polar surface area (TPSA) is 79.5 Å². The average Bonchev–Trinajstić information content (AvgIpc) is 2.92. The van der Waals surface area contributed by atoms with Crippen molar-refractivity contribution in [2.75, 3.05) is 26.2 Å². The second kappa shape index (κ2) is 6.58. The molecule has 0 bridgehead atoms. The molecule has 0 saturated carbocycles. The maximum absolute atomic E-state index is 14.0. The molecular weight excluding hydrogens is 335 g/mol. The van der Waals surface area contributed by atoms with Crippen LogP contribution in [-0.2, 0) is 16.6 Å². The molecule has 130 valence electrons. The van der Waals surface area contributed by atoms with Gasteiger partial charge in [0.1, 0.15) is 10.7 Å². The number of hydrogen-bond donors (Lipinski definition) is 0. The van der Waals surface area contributed by atoms with Crippen molar-refractivity contribution in [3.05, 3.63) is 41.3 Å². The Balaban J connectivity index is 1.67.